The summed E-state index contributed by atoms with van der Waals surface area (Å²) in [6, 6.07) is 9.08. The van der Waals surface area contributed by atoms with Crippen molar-refractivity contribution < 1.29 is 50.7 Å². The molecule has 2 aliphatic heterocycles. The van der Waals surface area contributed by atoms with Gasteiger partial charge in [0.15, 0.2) is 23.1 Å². The highest BCUT2D eigenvalue weighted by molar-refractivity contribution is 6.67. The van der Waals surface area contributed by atoms with Gasteiger partial charge in [-0.2, -0.15) is 0 Å². The Balaban J connectivity index is 1.07. The highest BCUT2D eigenvalue weighted by Gasteiger charge is 2.37. The lowest BCUT2D eigenvalue weighted by Gasteiger charge is -2.37. The molecule has 15 nitrogen and oxygen atoms in total. The van der Waals surface area contributed by atoms with Crippen molar-refractivity contribution in [2.45, 2.75) is 16.8 Å². The molecule has 3 aromatic heterocycles. The van der Waals surface area contributed by atoms with Gasteiger partial charge in [-0.15, -0.1) is 0 Å². The van der Waals surface area contributed by atoms with Crippen molar-refractivity contribution >= 4 is 87.0 Å². The number of anilines is 4. The number of rotatable bonds is 10. The van der Waals surface area contributed by atoms with Crippen LogP contribution in [-0.4, -0.2) is 95.2 Å². The standard InChI is InChI=1S/C37H30Cl3F4N7O8/c1-2-56-34(53)24-18-50(29-5-3-20(41)13-25(29)42)32-23(31(24)52)15-27(44)33(45-32)48-10-8-47(9-11-48)28-6-4-21(14-26(28)43)49-16-22(59-36(49)55)17-51(30-7-12-58-46-30)35(54)57-19-37(38,39)40/h3-7,12-15,18,22H,2,8-11,16-17,19H2,1H3/t22-/m1/s1. The maximum Gasteiger partial charge on any atom is 0.415 e. The van der Waals surface area contributed by atoms with Gasteiger partial charge in [0.05, 0.1) is 42.1 Å². The molecule has 2 fully saturated rings. The zero-order valence-electron chi connectivity index (χ0n) is 30.5. The zero-order chi connectivity index (χ0) is 42.2. The Morgan fingerprint density at radius 3 is 2.29 bits per heavy atom. The summed E-state index contributed by atoms with van der Waals surface area (Å²) >= 11 is 17.1. The minimum Gasteiger partial charge on any atom is -0.462 e. The lowest BCUT2D eigenvalue weighted by Crippen LogP contribution is -2.47. The maximum atomic E-state index is 15.8. The second-order valence-corrected chi connectivity index (χ2v) is 15.6. The number of alkyl halides is 3. The van der Waals surface area contributed by atoms with Crippen LogP contribution >= 0.6 is 34.8 Å². The number of hydrogen-bond acceptors (Lipinski definition) is 12. The lowest BCUT2D eigenvalue weighted by molar-refractivity contribution is 0.0524. The van der Waals surface area contributed by atoms with Crippen molar-refractivity contribution in [3.05, 3.63) is 100 Å². The Morgan fingerprint density at radius 1 is 0.915 bits per heavy atom. The molecule has 0 N–H and O–H groups in total. The first-order valence-electron chi connectivity index (χ1n) is 17.7. The number of carbonyl (C=O) groups excluding carboxylic acids is 3. The Hall–Kier alpha value is -5.79. The second-order valence-electron chi connectivity index (χ2n) is 13.1. The molecule has 0 unspecified atom stereocenters. The fourth-order valence-corrected chi connectivity index (χ4v) is 6.75. The average Bonchev–Trinajstić information content (AvgIpc) is 3.86. The molecule has 2 saturated heterocycles. The maximum absolute atomic E-state index is 15.8. The fourth-order valence-electron chi connectivity index (χ4n) is 6.59. The van der Waals surface area contributed by atoms with Gasteiger partial charge in [0.25, 0.3) is 0 Å². The van der Waals surface area contributed by atoms with E-state index >= 15 is 13.2 Å². The van der Waals surface area contributed by atoms with E-state index in [0.29, 0.717) is 6.07 Å². The van der Waals surface area contributed by atoms with Crippen LogP contribution in [0.4, 0.5) is 50.2 Å². The molecular weight excluding hydrogens is 853 g/mol. The Labute approximate surface area is 346 Å². The van der Waals surface area contributed by atoms with E-state index in [1.807, 2.05) is 0 Å². The molecule has 0 spiro atoms. The van der Waals surface area contributed by atoms with Gasteiger partial charge >= 0.3 is 18.2 Å². The molecule has 2 aromatic carbocycles. The van der Waals surface area contributed by atoms with E-state index in [9.17, 15) is 23.6 Å². The molecular formula is C37H30Cl3F4N7O8. The summed E-state index contributed by atoms with van der Waals surface area (Å²) in [6.45, 7) is 1.15. The third-order valence-corrected chi connectivity index (χ3v) is 9.61. The zero-order valence-corrected chi connectivity index (χ0v) is 32.8. The van der Waals surface area contributed by atoms with Crippen molar-refractivity contribution in [2.75, 3.05) is 72.1 Å². The molecule has 5 aromatic rings. The highest BCUT2D eigenvalue weighted by atomic mass is 35.6. The molecule has 2 aliphatic rings. The number of benzene rings is 2. The van der Waals surface area contributed by atoms with Gasteiger partial charge < -0.3 is 28.5 Å². The highest BCUT2D eigenvalue weighted by Crippen LogP contribution is 2.32. The molecule has 0 radical (unpaired) electrons. The summed E-state index contributed by atoms with van der Waals surface area (Å²) in [5.74, 6) is -4.68. The molecule has 5 heterocycles. The first kappa shape index (κ1) is 41.4. The number of nitrogens with zero attached hydrogens (tertiary/aromatic N) is 7. The van der Waals surface area contributed by atoms with Crippen molar-refractivity contribution in [1.82, 2.24) is 14.7 Å². The van der Waals surface area contributed by atoms with Gasteiger partial charge in [-0.1, -0.05) is 40.0 Å². The fraction of sp³-hybridized carbons (Fsp3) is 0.297. The average molecular weight is 883 g/mol. The number of aromatic nitrogens is 3. The first-order valence-corrected chi connectivity index (χ1v) is 18.8. The Morgan fingerprint density at radius 2 is 1.63 bits per heavy atom. The second kappa shape index (κ2) is 16.8. The number of halogens is 7. The molecule has 0 aliphatic carbocycles. The molecule has 0 bridgehead atoms. The van der Waals surface area contributed by atoms with Crippen LogP contribution in [0.25, 0.3) is 16.7 Å². The van der Waals surface area contributed by atoms with Crippen LogP contribution in [0.1, 0.15) is 17.3 Å². The van der Waals surface area contributed by atoms with Gasteiger partial charge in [-0.3, -0.25) is 19.2 Å². The third kappa shape index (κ3) is 8.81. The van der Waals surface area contributed by atoms with Gasteiger partial charge in [0, 0.05) is 44.5 Å². The number of fused-ring (bicyclic) bond motifs is 1. The summed E-state index contributed by atoms with van der Waals surface area (Å²) in [7, 11) is 0. The number of esters is 1. The van der Waals surface area contributed by atoms with Gasteiger partial charge in [0.1, 0.15) is 42.0 Å². The molecule has 59 heavy (non-hydrogen) atoms. The molecule has 0 saturated carbocycles. The summed E-state index contributed by atoms with van der Waals surface area (Å²) in [4.78, 5) is 61.6. The number of hydrogen-bond donors (Lipinski definition) is 0. The topological polar surface area (TPSA) is 153 Å². The number of ether oxygens (including phenoxy) is 3. The predicted molar refractivity (Wildman–Crippen MR) is 207 cm³/mol. The van der Waals surface area contributed by atoms with Crippen molar-refractivity contribution in [2.24, 2.45) is 0 Å². The first-order chi connectivity index (χ1) is 28.1. The monoisotopic (exact) mass is 881 g/mol. The molecule has 2 amide bonds. The summed E-state index contributed by atoms with van der Waals surface area (Å²) < 4.78 is 79.9. The van der Waals surface area contributed by atoms with Crippen LogP contribution in [0.15, 0.2) is 70.3 Å². The number of pyridine rings is 2. The van der Waals surface area contributed by atoms with Crippen LogP contribution in [0.2, 0.25) is 0 Å². The van der Waals surface area contributed by atoms with Gasteiger partial charge in [-0.25, -0.2) is 36.9 Å². The minimum absolute atomic E-state index is 0.0358. The quantitative estimate of drug-likeness (QED) is 0.0630. The number of cyclic esters (lactones) is 1. The van der Waals surface area contributed by atoms with E-state index in [1.54, 1.807) is 9.80 Å². The largest absolute Gasteiger partial charge is 0.462 e. The summed E-state index contributed by atoms with van der Waals surface area (Å²) in [6.07, 6.45) is -0.451. The van der Waals surface area contributed by atoms with Crippen LogP contribution in [0, 0.1) is 23.3 Å². The number of carbonyl (C=O) groups is 3. The van der Waals surface area contributed by atoms with Crippen LogP contribution in [0.5, 0.6) is 0 Å². The van der Waals surface area contributed by atoms with Crippen LogP contribution in [-0.2, 0) is 14.2 Å². The number of piperazine rings is 1. The van der Waals surface area contributed by atoms with Crippen LogP contribution < -0.4 is 25.0 Å². The van der Waals surface area contributed by atoms with E-state index in [-0.39, 0.29) is 85.6 Å². The summed E-state index contributed by atoms with van der Waals surface area (Å²) in [5.41, 5.74) is -1.52. The molecule has 310 valence electrons. The Bertz CT molecular complexity index is 2480. The van der Waals surface area contributed by atoms with Crippen LogP contribution in [0.3, 0.4) is 0 Å². The van der Waals surface area contributed by atoms with E-state index < -0.39 is 68.9 Å². The lowest BCUT2D eigenvalue weighted by atomic mass is 10.1. The minimum atomic E-state index is -1.89. The van der Waals surface area contributed by atoms with Crippen molar-refractivity contribution in [1.29, 1.82) is 0 Å². The smallest absolute Gasteiger partial charge is 0.415 e. The molecule has 1 atom stereocenters. The van der Waals surface area contributed by atoms with E-state index in [2.05, 4.69) is 10.1 Å². The van der Waals surface area contributed by atoms with Gasteiger partial charge in [-0.05, 0) is 43.3 Å². The third-order valence-electron chi connectivity index (χ3n) is 9.28. The van der Waals surface area contributed by atoms with Crippen molar-refractivity contribution in [3.8, 4) is 5.69 Å². The van der Waals surface area contributed by atoms with E-state index in [1.165, 1.54) is 36.3 Å². The van der Waals surface area contributed by atoms with Crippen molar-refractivity contribution in [3.63, 3.8) is 0 Å². The SMILES string of the molecule is CCOC(=O)c1cn(-c2ccc(F)cc2F)c2nc(N3CCN(c4ccc(N5C[C@H](CN(C(=O)OCC(Cl)(Cl)Cl)c6ccon6)OC5=O)cc4F)CC3)c(F)cc2c1=O. The molecule has 22 heteroatoms. The molecule has 7 rings (SSSR count). The predicted octanol–water partition coefficient (Wildman–Crippen LogP) is 6.77. The van der Waals surface area contributed by atoms with E-state index in [4.69, 9.17) is 53.5 Å². The summed E-state index contributed by atoms with van der Waals surface area (Å²) in [5, 5.41) is 3.38. The Kier molecular flexibility index (Phi) is 11.8. The normalized spacial score (nSPS) is 15.8. The number of amides is 2. The van der Waals surface area contributed by atoms with E-state index in [0.717, 1.165) is 39.9 Å². The van der Waals surface area contributed by atoms with Gasteiger partial charge in [0.2, 0.25) is 9.22 Å².